The van der Waals surface area contributed by atoms with E-state index in [-0.39, 0.29) is 6.10 Å². The standard InChI is InChI=1S/C16H26O2/c1-2-18-16(14-11-7-4-8-12-14)15(17)13-9-5-3-6-10-13/h9,14,16H,2-8,10-12H2,1H3. The Morgan fingerprint density at radius 1 is 1.28 bits per heavy atom. The van der Waals surface area contributed by atoms with Gasteiger partial charge in [0, 0.05) is 6.61 Å². The molecule has 0 aromatic carbocycles. The molecule has 18 heavy (non-hydrogen) atoms. The summed E-state index contributed by atoms with van der Waals surface area (Å²) in [7, 11) is 0. The van der Waals surface area contributed by atoms with E-state index in [1.165, 1.54) is 44.9 Å². The second-order valence-electron chi connectivity index (χ2n) is 5.61. The third-order valence-electron chi connectivity index (χ3n) is 4.29. The lowest BCUT2D eigenvalue weighted by Crippen LogP contribution is -2.35. The van der Waals surface area contributed by atoms with E-state index >= 15 is 0 Å². The van der Waals surface area contributed by atoms with Gasteiger partial charge in [0.1, 0.15) is 6.10 Å². The Hall–Kier alpha value is -0.630. The van der Waals surface area contributed by atoms with E-state index in [4.69, 9.17) is 4.74 Å². The Balaban J connectivity index is 2.03. The maximum absolute atomic E-state index is 12.6. The Morgan fingerprint density at radius 2 is 2.06 bits per heavy atom. The van der Waals surface area contributed by atoms with Crippen LogP contribution in [0.1, 0.15) is 64.7 Å². The number of carbonyl (C=O) groups excluding carboxylic acids is 1. The maximum atomic E-state index is 12.6. The van der Waals surface area contributed by atoms with Gasteiger partial charge in [-0.1, -0.05) is 25.3 Å². The summed E-state index contributed by atoms with van der Waals surface area (Å²) in [5, 5.41) is 0. The summed E-state index contributed by atoms with van der Waals surface area (Å²) in [6.07, 6.45) is 12.6. The molecule has 2 heteroatoms. The van der Waals surface area contributed by atoms with Crippen molar-refractivity contribution in [3.8, 4) is 0 Å². The van der Waals surface area contributed by atoms with E-state index in [0.717, 1.165) is 18.4 Å². The smallest absolute Gasteiger partial charge is 0.187 e. The number of rotatable bonds is 5. The molecular weight excluding hydrogens is 224 g/mol. The Morgan fingerprint density at radius 3 is 2.67 bits per heavy atom. The first-order valence-corrected chi connectivity index (χ1v) is 7.67. The van der Waals surface area contributed by atoms with Crippen LogP contribution in [0.3, 0.4) is 0 Å². The van der Waals surface area contributed by atoms with Gasteiger partial charge in [-0.05, 0) is 56.9 Å². The van der Waals surface area contributed by atoms with Gasteiger partial charge in [-0.2, -0.15) is 0 Å². The van der Waals surface area contributed by atoms with Gasteiger partial charge in [0.15, 0.2) is 5.78 Å². The predicted molar refractivity (Wildman–Crippen MR) is 73.5 cm³/mol. The van der Waals surface area contributed by atoms with E-state index in [1.54, 1.807) is 0 Å². The molecule has 102 valence electrons. The highest BCUT2D eigenvalue weighted by Crippen LogP contribution is 2.31. The largest absolute Gasteiger partial charge is 0.370 e. The van der Waals surface area contributed by atoms with Crippen LogP contribution in [0.5, 0.6) is 0 Å². The van der Waals surface area contributed by atoms with Gasteiger partial charge in [-0.25, -0.2) is 0 Å². The normalized spacial score (nSPS) is 23.5. The second-order valence-corrected chi connectivity index (χ2v) is 5.61. The number of ketones is 1. The second kappa shape index (κ2) is 7.08. The van der Waals surface area contributed by atoms with Crippen LogP contribution in [0, 0.1) is 5.92 Å². The first-order valence-electron chi connectivity index (χ1n) is 7.67. The highest BCUT2D eigenvalue weighted by Gasteiger charge is 2.31. The zero-order chi connectivity index (χ0) is 12.8. The number of hydrogen-bond acceptors (Lipinski definition) is 2. The van der Waals surface area contributed by atoms with Crippen LogP contribution in [-0.4, -0.2) is 18.5 Å². The zero-order valence-corrected chi connectivity index (χ0v) is 11.6. The molecule has 0 saturated heterocycles. The number of hydrogen-bond donors (Lipinski definition) is 0. The summed E-state index contributed by atoms with van der Waals surface area (Å²) in [6.45, 7) is 2.65. The number of allylic oxidation sites excluding steroid dienone is 1. The van der Waals surface area contributed by atoms with Crippen LogP contribution < -0.4 is 0 Å². The fourth-order valence-electron chi connectivity index (χ4n) is 3.29. The molecule has 2 aliphatic carbocycles. The van der Waals surface area contributed by atoms with Gasteiger partial charge in [0.05, 0.1) is 0 Å². The molecule has 1 atom stereocenters. The lowest BCUT2D eigenvalue weighted by atomic mass is 9.81. The van der Waals surface area contributed by atoms with E-state index in [2.05, 4.69) is 6.08 Å². The average molecular weight is 250 g/mol. The highest BCUT2D eigenvalue weighted by molar-refractivity contribution is 5.99. The van der Waals surface area contributed by atoms with Crippen molar-refractivity contribution in [1.29, 1.82) is 0 Å². The molecule has 0 aliphatic heterocycles. The van der Waals surface area contributed by atoms with E-state index in [9.17, 15) is 4.79 Å². The van der Waals surface area contributed by atoms with Crippen molar-refractivity contribution in [3.63, 3.8) is 0 Å². The van der Waals surface area contributed by atoms with Crippen molar-refractivity contribution in [2.24, 2.45) is 5.92 Å². The monoisotopic (exact) mass is 250 g/mol. The minimum absolute atomic E-state index is 0.153. The van der Waals surface area contributed by atoms with Crippen LogP contribution in [0.15, 0.2) is 11.6 Å². The minimum Gasteiger partial charge on any atom is -0.370 e. The van der Waals surface area contributed by atoms with Crippen molar-refractivity contribution >= 4 is 5.78 Å². The summed E-state index contributed by atoms with van der Waals surface area (Å²) in [4.78, 5) is 12.6. The molecule has 0 spiro atoms. The van der Waals surface area contributed by atoms with Crippen LogP contribution in [-0.2, 0) is 9.53 Å². The molecule has 0 bridgehead atoms. The summed E-state index contributed by atoms with van der Waals surface area (Å²) in [5.74, 6) is 0.762. The van der Waals surface area contributed by atoms with Crippen molar-refractivity contribution in [1.82, 2.24) is 0 Å². The van der Waals surface area contributed by atoms with Crippen LogP contribution >= 0.6 is 0 Å². The van der Waals surface area contributed by atoms with Gasteiger partial charge in [0.25, 0.3) is 0 Å². The number of Topliss-reactive ketones (excluding diaryl/α,β-unsaturated/α-hetero) is 1. The van der Waals surface area contributed by atoms with Crippen molar-refractivity contribution in [2.45, 2.75) is 70.8 Å². The van der Waals surface area contributed by atoms with E-state index in [1.807, 2.05) is 6.92 Å². The molecule has 1 fully saturated rings. The predicted octanol–water partition coefficient (Wildman–Crippen LogP) is 4.04. The topological polar surface area (TPSA) is 26.3 Å². The molecule has 0 N–H and O–H groups in total. The molecular formula is C16H26O2. The van der Waals surface area contributed by atoms with Crippen LogP contribution in [0.4, 0.5) is 0 Å². The van der Waals surface area contributed by atoms with E-state index < -0.39 is 0 Å². The molecule has 2 nitrogen and oxygen atoms in total. The summed E-state index contributed by atoms with van der Waals surface area (Å²) < 4.78 is 5.81. The van der Waals surface area contributed by atoms with Gasteiger partial charge in [-0.15, -0.1) is 0 Å². The number of ether oxygens (including phenoxy) is 1. The molecule has 2 aliphatic rings. The zero-order valence-electron chi connectivity index (χ0n) is 11.6. The van der Waals surface area contributed by atoms with Gasteiger partial charge in [-0.3, -0.25) is 4.79 Å². The summed E-state index contributed by atoms with van der Waals surface area (Å²) >= 11 is 0. The molecule has 0 aromatic heterocycles. The lowest BCUT2D eigenvalue weighted by Gasteiger charge is -2.30. The van der Waals surface area contributed by atoms with Gasteiger partial charge >= 0.3 is 0 Å². The average Bonchev–Trinajstić information content (AvgIpc) is 2.46. The quantitative estimate of drug-likeness (QED) is 0.736. The summed E-state index contributed by atoms with van der Waals surface area (Å²) in [5.41, 5.74) is 1.05. The summed E-state index contributed by atoms with van der Waals surface area (Å²) in [6, 6.07) is 0. The molecule has 0 amide bonds. The van der Waals surface area contributed by atoms with Crippen LogP contribution in [0.25, 0.3) is 0 Å². The van der Waals surface area contributed by atoms with Gasteiger partial charge in [0.2, 0.25) is 0 Å². The minimum atomic E-state index is -0.153. The first kappa shape index (κ1) is 13.8. The molecule has 2 rings (SSSR count). The van der Waals surface area contributed by atoms with Crippen molar-refractivity contribution in [3.05, 3.63) is 11.6 Å². The molecule has 1 unspecified atom stereocenters. The van der Waals surface area contributed by atoms with Crippen molar-refractivity contribution in [2.75, 3.05) is 6.61 Å². The van der Waals surface area contributed by atoms with Crippen LogP contribution in [0.2, 0.25) is 0 Å². The lowest BCUT2D eigenvalue weighted by molar-refractivity contribution is -0.131. The number of carbonyl (C=O) groups is 1. The molecule has 0 radical (unpaired) electrons. The maximum Gasteiger partial charge on any atom is 0.187 e. The SMILES string of the molecule is CCOC(C(=O)C1=CCCCC1)C1CCCCC1. The van der Waals surface area contributed by atoms with Crippen molar-refractivity contribution < 1.29 is 9.53 Å². The van der Waals surface area contributed by atoms with E-state index in [0.29, 0.717) is 18.3 Å². The van der Waals surface area contributed by atoms with Gasteiger partial charge < -0.3 is 4.74 Å². The third-order valence-corrected chi connectivity index (χ3v) is 4.29. The molecule has 0 aromatic rings. The Bertz CT molecular complexity index is 300. The third kappa shape index (κ3) is 3.44. The molecule has 1 saturated carbocycles. The fourth-order valence-corrected chi connectivity index (χ4v) is 3.29. The first-order chi connectivity index (χ1) is 8.83. The Labute approximate surface area is 111 Å². The Kier molecular flexibility index (Phi) is 5.43. The fraction of sp³-hybridized carbons (Fsp3) is 0.812. The molecule has 0 heterocycles. The highest BCUT2D eigenvalue weighted by atomic mass is 16.5.